The second-order valence-electron chi connectivity index (χ2n) is 9.20. The van der Waals surface area contributed by atoms with Crippen molar-refractivity contribution in [2.75, 3.05) is 33.2 Å². The van der Waals surface area contributed by atoms with Gasteiger partial charge in [-0.2, -0.15) is 0 Å². The number of piperazine rings is 1. The molecule has 3 aliphatic heterocycles. The molecule has 0 spiro atoms. The smallest absolute Gasteiger partial charge is 0.325 e. The highest BCUT2D eigenvalue weighted by Gasteiger charge is 2.49. The second-order valence-corrected chi connectivity index (χ2v) is 9.20. The second kappa shape index (κ2) is 9.06. The van der Waals surface area contributed by atoms with Crippen molar-refractivity contribution in [3.63, 3.8) is 0 Å². The fraction of sp³-hybridized carbons (Fsp3) is 0.400. The highest BCUT2D eigenvalue weighted by atomic mass is 19.1. The van der Waals surface area contributed by atoms with Crippen LogP contribution < -0.4 is 5.32 Å². The molecular formula is C25H29FN6O2. The standard InChI is InChI=1S/C25H29FN6O2/c1-17-3-5-18(6-4-17)15-30-11-13-31(14-12-30)24-27-22-21(23(33)28-25(34)29(22)2)32(24)16-19-7-9-20(26)10-8-19/h3-10,21-22H,11-16H2,1-2H3,(H,28,33,34). The Hall–Kier alpha value is -3.46. The lowest BCUT2D eigenvalue weighted by Crippen LogP contribution is -2.64. The van der Waals surface area contributed by atoms with Gasteiger partial charge in [-0.1, -0.05) is 42.0 Å². The largest absolute Gasteiger partial charge is 0.340 e. The Kier molecular flexibility index (Phi) is 5.95. The predicted octanol–water partition coefficient (Wildman–Crippen LogP) is 2.00. The Morgan fingerprint density at radius 3 is 2.24 bits per heavy atom. The van der Waals surface area contributed by atoms with Gasteiger partial charge in [0.2, 0.25) is 0 Å². The quantitative estimate of drug-likeness (QED) is 0.750. The number of carbonyl (C=O) groups excluding carboxylic acids is 2. The van der Waals surface area contributed by atoms with Gasteiger partial charge in [-0.3, -0.25) is 15.0 Å². The van der Waals surface area contributed by atoms with Crippen molar-refractivity contribution in [1.29, 1.82) is 0 Å². The number of urea groups is 1. The number of amides is 3. The van der Waals surface area contributed by atoms with E-state index in [1.165, 1.54) is 28.2 Å². The monoisotopic (exact) mass is 464 g/mol. The number of aryl methyl sites for hydroxylation is 1. The molecule has 3 aliphatic rings. The zero-order valence-corrected chi connectivity index (χ0v) is 19.4. The summed E-state index contributed by atoms with van der Waals surface area (Å²) >= 11 is 0. The highest BCUT2D eigenvalue weighted by Crippen LogP contribution is 2.28. The average Bonchev–Trinajstić information content (AvgIpc) is 3.21. The predicted molar refractivity (Wildman–Crippen MR) is 126 cm³/mol. The van der Waals surface area contributed by atoms with Gasteiger partial charge in [-0.25, -0.2) is 14.2 Å². The number of hydrogen-bond donors (Lipinski definition) is 1. The first-order chi connectivity index (χ1) is 16.4. The molecule has 0 bridgehead atoms. The first-order valence-electron chi connectivity index (χ1n) is 11.6. The lowest BCUT2D eigenvalue weighted by molar-refractivity contribution is -0.127. The van der Waals surface area contributed by atoms with Crippen molar-refractivity contribution in [2.24, 2.45) is 4.99 Å². The van der Waals surface area contributed by atoms with Gasteiger partial charge >= 0.3 is 6.03 Å². The number of benzene rings is 2. The van der Waals surface area contributed by atoms with Crippen molar-refractivity contribution < 1.29 is 14.0 Å². The van der Waals surface area contributed by atoms with Crippen LogP contribution in [0.1, 0.15) is 16.7 Å². The van der Waals surface area contributed by atoms with Crippen molar-refractivity contribution in [3.05, 3.63) is 71.0 Å². The van der Waals surface area contributed by atoms with E-state index in [-0.39, 0.29) is 11.7 Å². The van der Waals surface area contributed by atoms with Crippen LogP contribution in [0.4, 0.5) is 9.18 Å². The summed E-state index contributed by atoms with van der Waals surface area (Å²) in [5.41, 5.74) is 3.42. The fourth-order valence-electron chi connectivity index (χ4n) is 4.79. The van der Waals surface area contributed by atoms with Crippen LogP contribution in [-0.2, 0) is 17.9 Å². The first-order valence-corrected chi connectivity index (χ1v) is 11.6. The number of hydrogen-bond acceptors (Lipinski definition) is 6. The Morgan fingerprint density at radius 1 is 0.941 bits per heavy atom. The molecule has 3 heterocycles. The third-order valence-corrected chi connectivity index (χ3v) is 6.79. The van der Waals surface area contributed by atoms with Crippen LogP contribution in [0.25, 0.3) is 0 Å². The highest BCUT2D eigenvalue weighted by molar-refractivity contribution is 6.03. The molecule has 1 N–H and O–H groups in total. The Balaban J connectivity index is 1.33. The molecule has 2 saturated heterocycles. The third-order valence-electron chi connectivity index (χ3n) is 6.79. The van der Waals surface area contributed by atoms with Gasteiger partial charge in [0.05, 0.1) is 0 Å². The summed E-state index contributed by atoms with van der Waals surface area (Å²) in [6.07, 6.45) is -0.581. The van der Waals surface area contributed by atoms with Gasteiger partial charge in [0.25, 0.3) is 5.91 Å². The van der Waals surface area contributed by atoms with E-state index in [4.69, 9.17) is 4.99 Å². The van der Waals surface area contributed by atoms with Crippen LogP contribution in [0, 0.1) is 12.7 Å². The van der Waals surface area contributed by atoms with Crippen LogP contribution in [0.5, 0.6) is 0 Å². The van der Waals surface area contributed by atoms with E-state index >= 15 is 0 Å². The first kappa shape index (κ1) is 22.3. The molecule has 5 rings (SSSR count). The number of nitrogens with one attached hydrogen (secondary N) is 1. The minimum absolute atomic E-state index is 0.303. The van der Waals surface area contributed by atoms with E-state index in [1.807, 2.05) is 4.90 Å². The summed E-state index contributed by atoms with van der Waals surface area (Å²) in [5.74, 6) is 0.0559. The molecule has 8 nitrogen and oxygen atoms in total. The summed E-state index contributed by atoms with van der Waals surface area (Å²) in [7, 11) is 1.65. The van der Waals surface area contributed by atoms with Crippen LogP contribution in [-0.4, -0.2) is 82.9 Å². The molecule has 0 aliphatic carbocycles. The molecule has 34 heavy (non-hydrogen) atoms. The van der Waals surface area contributed by atoms with E-state index in [2.05, 4.69) is 46.3 Å². The summed E-state index contributed by atoms with van der Waals surface area (Å²) in [4.78, 5) is 37.9. The fourth-order valence-corrected chi connectivity index (χ4v) is 4.79. The van der Waals surface area contributed by atoms with Crippen molar-refractivity contribution in [2.45, 2.75) is 32.2 Å². The van der Waals surface area contributed by atoms with Gasteiger partial charge in [0.15, 0.2) is 18.2 Å². The lowest BCUT2D eigenvalue weighted by atomic mass is 10.1. The summed E-state index contributed by atoms with van der Waals surface area (Å²) in [6.45, 7) is 6.66. The Bertz CT molecular complexity index is 1100. The normalized spacial score (nSPS) is 23.1. The lowest BCUT2D eigenvalue weighted by Gasteiger charge is -2.40. The van der Waals surface area contributed by atoms with Crippen molar-refractivity contribution >= 4 is 17.9 Å². The van der Waals surface area contributed by atoms with E-state index in [0.717, 1.165) is 38.3 Å². The molecule has 2 aromatic carbocycles. The molecule has 2 fully saturated rings. The number of carbonyl (C=O) groups is 2. The van der Waals surface area contributed by atoms with Gasteiger partial charge in [0, 0.05) is 46.3 Å². The van der Waals surface area contributed by atoms with Crippen LogP contribution >= 0.6 is 0 Å². The molecule has 0 aromatic heterocycles. The molecular weight excluding hydrogens is 435 g/mol. The molecule has 178 valence electrons. The minimum atomic E-state index is -0.617. The van der Waals surface area contributed by atoms with Crippen LogP contribution in [0.15, 0.2) is 53.5 Å². The SMILES string of the molecule is Cc1ccc(CN2CCN(C3=NC4C(C(=O)NC(=O)N4C)N3Cc3ccc(F)cc3)CC2)cc1. The summed E-state index contributed by atoms with van der Waals surface area (Å²) < 4.78 is 13.4. The van der Waals surface area contributed by atoms with Crippen LogP contribution in [0.3, 0.4) is 0 Å². The molecule has 0 radical (unpaired) electrons. The summed E-state index contributed by atoms with van der Waals surface area (Å²) in [5, 5.41) is 2.43. The maximum absolute atomic E-state index is 13.4. The maximum atomic E-state index is 13.4. The van der Waals surface area contributed by atoms with E-state index in [0.29, 0.717) is 12.5 Å². The number of fused-ring (bicyclic) bond motifs is 1. The molecule has 0 saturated carbocycles. The number of likely N-dealkylation sites (N-methyl/N-ethyl adjacent to an activating group) is 1. The van der Waals surface area contributed by atoms with Gasteiger partial charge < -0.3 is 14.7 Å². The number of guanidine groups is 1. The maximum Gasteiger partial charge on any atom is 0.325 e. The number of aliphatic imine (C=N–C) groups is 1. The average molecular weight is 465 g/mol. The van der Waals surface area contributed by atoms with Gasteiger partial charge in [0.1, 0.15) is 5.82 Å². The topological polar surface area (TPSA) is 71.5 Å². The van der Waals surface area contributed by atoms with Crippen molar-refractivity contribution in [1.82, 2.24) is 24.9 Å². The number of halogens is 1. The van der Waals surface area contributed by atoms with E-state index in [1.54, 1.807) is 19.2 Å². The number of imide groups is 1. The molecule has 2 aromatic rings. The summed E-state index contributed by atoms with van der Waals surface area (Å²) in [6, 6.07) is 13.8. The number of nitrogens with zero attached hydrogens (tertiary/aromatic N) is 5. The Labute approximate surface area is 198 Å². The zero-order chi connectivity index (χ0) is 23.8. The molecule has 2 atom stereocenters. The third kappa shape index (κ3) is 4.35. The van der Waals surface area contributed by atoms with Gasteiger partial charge in [-0.05, 0) is 30.2 Å². The van der Waals surface area contributed by atoms with E-state index in [9.17, 15) is 14.0 Å². The van der Waals surface area contributed by atoms with Crippen LogP contribution in [0.2, 0.25) is 0 Å². The van der Waals surface area contributed by atoms with Crippen molar-refractivity contribution in [3.8, 4) is 0 Å². The molecule has 3 amide bonds. The number of rotatable bonds is 4. The molecule has 2 unspecified atom stereocenters. The minimum Gasteiger partial charge on any atom is -0.340 e. The molecule has 9 heteroatoms. The zero-order valence-electron chi connectivity index (χ0n) is 19.4. The van der Waals surface area contributed by atoms with Gasteiger partial charge in [-0.15, -0.1) is 0 Å². The van der Waals surface area contributed by atoms with E-state index < -0.39 is 18.2 Å². The Morgan fingerprint density at radius 2 is 1.56 bits per heavy atom.